The number of nitrogens with zero attached hydrogens (tertiary/aromatic N) is 1. The Balaban J connectivity index is 1.28. The Morgan fingerprint density at radius 1 is 1.12 bits per heavy atom. The molecule has 1 fully saturated rings. The summed E-state index contributed by atoms with van der Waals surface area (Å²) < 4.78 is 12.2. The quantitative estimate of drug-likeness (QED) is 0.579. The van der Waals surface area contributed by atoms with Crippen LogP contribution in [0.2, 0.25) is 0 Å². The zero-order valence-corrected chi connectivity index (χ0v) is 15.3. The van der Waals surface area contributed by atoms with Crippen molar-refractivity contribution in [3.05, 3.63) is 70.7 Å². The van der Waals surface area contributed by atoms with Crippen LogP contribution >= 0.6 is 11.3 Å². The van der Waals surface area contributed by atoms with Gasteiger partial charge in [-0.3, -0.25) is 0 Å². The largest absolute Gasteiger partial charge is 0.485 e. The van der Waals surface area contributed by atoms with Gasteiger partial charge in [0.2, 0.25) is 0 Å². The maximum absolute atomic E-state index is 6.20. The number of rotatable bonds is 5. The van der Waals surface area contributed by atoms with E-state index in [1.807, 2.05) is 18.2 Å². The minimum absolute atomic E-state index is 0.133. The summed E-state index contributed by atoms with van der Waals surface area (Å²) >= 11 is 1.46. The molecular weight excluding hydrogens is 342 g/mol. The first-order valence-electron chi connectivity index (χ1n) is 9.23. The lowest BCUT2D eigenvalue weighted by Crippen LogP contribution is -2.15. The Kier molecular flexibility index (Phi) is 4.13. The van der Waals surface area contributed by atoms with Gasteiger partial charge in [-0.2, -0.15) is 0 Å². The second-order valence-corrected chi connectivity index (χ2v) is 7.86. The molecule has 3 nitrogen and oxygen atoms in total. The van der Waals surface area contributed by atoms with E-state index in [0.717, 1.165) is 42.4 Å². The van der Waals surface area contributed by atoms with E-state index >= 15 is 0 Å². The summed E-state index contributed by atoms with van der Waals surface area (Å²) in [5.41, 5.74) is 3.48. The van der Waals surface area contributed by atoms with Crippen molar-refractivity contribution in [2.45, 2.75) is 38.2 Å². The predicted molar refractivity (Wildman–Crippen MR) is 102 cm³/mol. The summed E-state index contributed by atoms with van der Waals surface area (Å²) in [7, 11) is 0. The molecule has 2 aliphatic rings. The van der Waals surface area contributed by atoms with Crippen molar-refractivity contribution in [1.82, 2.24) is 4.98 Å². The van der Waals surface area contributed by atoms with Gasteiger partial charge >= 0.3 is 0 Å². The smallest absolute Gasteiger partial charge is 0.279 e. The first kappa shape index (κ1) is 15.9. The molecule has 1 aliphatic heterocycles. The van der Waals surface area contributed by atoms with Gasteiger partial charge in [0.25, 0.3) is 5.19 Å². The number of ether oxygens (including phenoxy) is 2. The molecule has 1 aromatic heterocycles. The van der Waals surface area contributed by atoms with Crippen molar-refractivity contribution in [3.63, 3.8) is 0 Å². The van der Waals surface area contributed by atoms with Crippen molar-refractivity contribution < 1.29 is 9.47 Å². The molecule has 1 radical (unpaired) electrons. The summed E-state index contributed by atoms with van der Waals surface area (Å²) in [5, 5.41) is 3.94. The molecule has 2 aromatic carbocycles. The number of hydrogen-bond acceptors (Lipinski definition) is 4. The number of hydrogen-bond donors (Lipinski definition) is 0. The van der Waals surface area contributed by atoms with Crippen molar-refractivity contribution >= 4 is 11.3 Å². The molecule has 1 unspecified atom stereocenters. The van der Waals surface area contributed by atoms with Crippen LogP contribution in [0.1, 0.15) is 42.2 Å². The molecule has 0 bridgehead atoms. The third-order valence-corrected chi connectivity index (χ3v) is 5.70. The topological polar surface area (TPSA) is 31.4 Å². The molecule has 1 saturated carbocycles. The Morgan fingerprint density at radius 2 is 2.00 bits per heavy atom. The van der Waals surface area contributed by atoms with Crippen LogP contribution in [0.15, 0.2) is 48.5 Å². The molecule has 0 N–H and O–H groups in total. The van der Waals surface area contributed by atoms with Crippen LogP contribution in [-0.2, 0) is 12.8 Å². The van der Waals surface area contributed by atoms with Gasteiger partial charge in [-0.15, -0.1) is 0 Å². The van der Waals surface area contributed by atoms with Crippen molar-refractivity contribution in [2.24, 2.45) is 5.92 Å². The molecule has 26 heavy (non-hydrogen) atoms. The Labute approximate surface area is 157 Å². The van der Waals surface area contributed by atoms with Crippen LogP contribution in [0.4, 0.5) is 0 Å². The van der Waals surface area contributed by atoms with Crippen LogP contribution < -0.4 is 9.47 Å². The van der Waals surface area contributed by atoms with Crippen LogP contribution in [-0.4, -0.2) is 4.98 Å². The fraction of sp³-hybridized carbons (Fsp3) is 0.318. The highest BCUT2D eigenvalue weighted by atomic mass is 32.1. The van der Waals surface area contributed by atoms with E-state index in [1.54, 1.807) is 0 Å². The molecule has 4 heteroatoms. The predicted octanol–water partition coefficient (Wildman–Crippen LogP) is 5.75. The van der Waals surface area contributed by atoms with E-state index in [4.69, 9.17) is 9.47 Å². The number of aryl methyl sites for hydroxylation is 1. The highest BCUT2D eigenvalue weighted by molar-refractivity contribution is 7.11. The second kappa shape index (κ2) is 6.76. The first-order valence-corrected chi connectivity index (χ1v) is 10.0. The average molecular weight is 362 g/mol. The van der Waals surface area contributed by atoms with Gasteiger partial charge in [-0.25, -0.2) is 4.98 Å². The normalized spacial score (nSPS) is 18.8. The fourth-order valence-corrected chi connectivity index (χ4v) is 4.04. The highest BCUT2D eigenvalue weighted by Gasteiger charge is 2.24. The zero-order valence-electron chi connectivity index (χ0n) is 14.5. The highest BCUT2D eigenvalue weighted by Crippen LogP contribution is 2.38. The Hall–Kier alpha value is -2.33. The molecule has 5 rings (SSSR count). The van der Waals surface area contributed by atoms with E-state index < -0.39 is 0 Å². The van der Waals surface area contributed by atoms with Crippen molar-refractivity contribution in [3.8, 4) is 16.7 Å². The molecule has 1 atom stereocenters. The van der Waals surface area contributed by atoms with E-state index in [0.29, 0.717) is 5.19 Å². The van der Waals surface area contributed by atoms with Crippen LogP contribution in [0.5, 0.6) is 16.7 Å². The van der Waals surface area contributed by atoms with Gasteiger partial charge in [0.1, 0.15) is 17.6 Å². The Morgan fingerprint density at radius 3 is 2.85 bits per heavy atom. The SMILES string of the molecule is [c]1sc(Oc2ccc3c(c2)CCC(c2ccccc2)O3)nc1CC1CC1. The summed E-state index contributed by atoms with van der Waals surface area (Å²) in [6.07, 6.45) is 5.81. The summed E-state index contributed by atoms with van der Waals surface area (Å²) in [4.78, 5) is 4.56. The van der Waals surface area contributed by atoms with E-state index in [9.17, 15) is 0 Å². The molecule has 3 aromatic rings. The van der Waals surface area contributed by atoms with Crippen molar-refractivity contribution in [1.29, 1.82) is 0 Å². The fourth-order valence-electron chi connectivity index (χ4n) is 3.42. The molecule has 0 saturated heterocycles. The molecule has 131 valence electrons. The maximum Gasteiger partial charge on any atom is 0.279 e. The monoisotopic (exact) mass is 362 g/mol. The standard InChI is InChI=1S/C22H20NO2S/c1-2-4-16(5-3-1)20-10-8-17-13-19(9-11-21(17)25-20)24-22-23-18(14-26-22)12-15-6-7-15/h1-5,9,11,13,15,20H,6-8,10,12H2. The van der Waals surface area contributed by atoms with Gasteiger partial charge in [-0.1, -0.05) is 41.7 Å². The minimum atomic E-state index is 0.133. The maximum atomic E-state index is 6.20. The van der Waals surface area contributed by atoms with Gasteiger partial charge in [0.15, 0.2) is 0 Å². The lowest BCUT2D eigenvalue weighted by molar-refractivity contribution is 0.176. The van der Waals surface area contributed by atoms with Crippen molar-refractivity contribution in [2.75, 3.05) is 0 Å². The van der Waals surface area contributed by atoms with Gasteiger partial charge < -0.3 is 9.47 Å². The van der Waals surface area contributed by atoms with Gasteiger partial charge in [0.05, 0.1) is 11.1 Å². The molecule has 1 aliphatic carbocycles. The molecule has 0 spiro atoms. The third kappa shape index (κ3) is 3.47. The molecule has 0 amide bonds. The van der Waals surface area contributed by atoms with E-state index in [2.05, 4.69) is 40.7 Å². The first-order chi connectivity index (χ1) is 12.8. The number of benzene rings is 2. The van der Waals surface area contributed by atoms with Gasteiger partial charge in [-0.05, 0) is 67.3 Å². The summed E-state index contributed by atoms with van der Waals surface area (Å²) in [6.45, 7) is 0. The zero-order chi connectivity index (χ0) is 17.3. The van der Waals surface area contributed by atoms with E-state index in [1.165, 1.54) is 35.3 Å². The van der Waals surface area contributed by atoms with Crippen LogP contribution in [0, 0.1) is 11.3 Å². The lowest BCUT2D eigenvalue weighted by atomic mass is 9.97. The molecule has 2 heterocycles. The number of thiazole rings is 1. The minimum Gasteiger partial charge on any atom is -0.485 e. The molecular formula is C22H20NO2S. The lowest BCUT2D eigenvalue weighted by Gasteiger charge is -2.26. The third-order valence-electron chi connectivity index (χ3n) is 5.01. The van der Waals surface area contributed by atoms with Crippen LogP contribution in [0.3, 0.4) is 0 Å². The summed E-state index contributed by atoms with van der Waals surface area (Å²) in [5.74, 6) is 2.60. The summed E-state index contributed by atoms with van der Waals surface area (Å²) in [6, 6.07) is 16.5. The second-order valence-electron chi connectivity index (χ2n) is 7.10. The van der Waals surface area contributed by atoms with E-state index in [-0.39, 0.29) is 6.10 Å². The van der Waals surface area contributed by atoms with Crippen LogP contribution in [0.25, 0.3) is 0 Å². The number of fused-ring (bicyclic) bond motifs is 1. The number of aromatic nitrogens is 1. The van der Waals surface area contributed by atoms with Gasteiger partial charge in [0, 0.05) is 0 Å². The average Bonchev–Trinajstić information content (AvgIpc) is 3.39. The Bertz CT molecular complexity index is 902.